The fourth-order valence-corrected chi connectivity index (χ4v) is 5.95. The highest BCUT2D eigenvalue weighted by Gasteiger charge is 2.41. The van der Waals surface area contributed by atoms with Crippen molar-refractivity contribution >= 4 is 50.6 Å². The molecular weight excluding hydrogens is 597 g/mol. The Balaban J connectivity index is 1.62. The molecule has 0 saturated heterocycles. The number of nitrogens with zero attached hydrogens (tertiary/aromatic N) is 2. The summed E-state index contributed by atoms with van der Waals surface area (Å²) in [6, 6.07) is 19.4. The molecule has 8 heteroatoms. The van der Waals surface area contributed by atoms with E-state index in [1.165, 1.54) is 0 Å². The molecule has 1 aliphatic heterocycles. The Morgan fingerprint density at radius 3 is 2.49 bits per heavy atom. The normalized spacial score (nSPS) is 17.3. The van der Waals surface area contributed by atoms with Gasteiger partial charge in [-0.2, -0.15) is 5.26 Å². The van der Waals surface area contributed by atoms with E-state index in [1.54, 1.807) is 23.1 Å². The Hall–Kier alpha value is -3.24. The van der Waals surface area contributed by atoms with E-state index in [9.17, 15) is 10.1 Å². The number of ketones is 1. The lowest BCUT2D eigenvalue weighted by Crippen LogP contribution is -2.39. The number of benzene rings is 3. The lowest BCUT2D eigenvalue weighted by atomic mass is 9.74. The topological polar surface area (TPSA) is 79.4 Å². The first-order valence-electron chi connectivity index (χ1n) is 12.6. The summed E-state index contributed by atoms with van der Waals surface area (Å²) in [5, 5.41) is 11.2. The van der Waals surface area contributed by atoms with Gasteiger partial charge in [-0.15, -0.1) is 0 Å². The number of carbonyl (C=O) groups is 1. The number of nitrogens with two attached hydrogens (primary N) is 1. The maximum absolute atomic E-state index is 13.5. The summed E-state index contributed by atoms with van der Waals surface area (Å²) < 4.78 is 7.05. The molecule has 0 aromatic heterocycles. The molecule has 1 unspecified atom stereocenters. The Morgan fingerprint density at radius 2 is 1.79 bits per heavy atom. The van der Waals surface area contributed by atoms with Crippen molar-refractivity contribution < 1.29 is 9.53 Å². The van der Waals surface area contributed by atoms with Crippen LogP contribution in [0.1, 0.15) is 47.4 Å². The minimum Gasteiger partial charge on any atom is -0.489 e. The number of Topliss-reactive ketones (excluding diaryl/α,β-unsaturated/α-hetero) is 1. The summed E-state index contributed by atoms with van der Waals surface area (Å²) >= 11 is 16.0. The molecule has 2 N–H and O–H groups in total. The van der Waals surface area contributed by atoms with Crippen molar-refractivity contribution in [2.24, 2.45) is 5.73 Å². The molecule has 1 atom stereocenters. The van der Waals surface area contributed by atoms with E-state index in [4.69, 9.17) is 33.7 Å². The van der Waals surface area contributed by atoms with E-state index < -0.39 is 5.92 Å². The van der Waals surface area contributed by atoms with Crippen LogP contribution in [0.25, 0.3) is 0 Å². The summed E-state index contributed by atoms with van der Waals surface area (Å²) in [5.41, 5.74) is 13.1. The van der Waals surface area contributed by atoms with Crippen LogP contribution in [0.2, 0.25) is 10.0 Å². The van der Waals surface area contributed by atoms with Crippen molar-refractivity contribution in [1.29, 1.82) is 5.26 Å². The molecule has 1 heterocycles. The standard InChI is InChI=1S/C31H26BrCl2N3O2/c1-17-12-18(2)23(13-19(17)16-39-22-9-6-20(32)7-10-22)29-24(15-35)31(36)37(21-8-11-25(33)26(34)14-21)27-4-3-5-28(38)30(27)29/h6-14,29H,3-5,16,36H2,1-2H3. The molecule has 0 fully saturated rings. The van der Waals surface area contributed by atoms with Gasteiger partial charge in [-0.3, -0.25) is 9.69 Å². The van der Waals surface area contributed by atoms with Crippen LogP contribution in [0, 0.1) is 25.2 Å². The second-order valence-corrected chi connectivity index (χ2v) is 11.5. The second kappa shape index (κ2) is 11.1. The van der Waals surface area contributed by atoms with Crippen LogP contribution in [0.15, 0.2) is 81.7 Å². The van der Waals surface area contributed by atoms with Gasteiger partial charge >= 0.3 is 0 Å². The molecule has 2 aliphatic rings. The van der Waals surface area contributed by atoms with Gasteiger partial charge in [-0.1, -0.05) is 51.3 Å². The zero-order valence-electron chi connectivity index (χ0n) is 21.5. The number of allylic oxidation sites excluding steroid dienone is 3. The molecule has 0 amide bonds. The first-order chi connectivity index (χ1) is 18.7. The largest absolute Gasteiger partial charge is 0.489 e. The summed E-state index contributed by atoms with van der Waals surface area (Å²) in [7, 11) is 0. The lowest BCUT2D eigenvalue weighted by Gasteiger charge is -2.40. The number of halogens is 3. The predicted molar refractivity (Wildman–Crippen MR) is 159 cm³/mol. The third-order valence-corrected chi connectivity index (χ3v) is 8.59. The van der Waals surface area contributed by atoms with Crippen LogP contribution in [0.5, 0.6) is 5.75 Å². The van der Waals surface area contributed by atoms with E-state index in [2.05, 4.69) is 34.1 Å². The molecule has 3 aromatic rings. The third kappa shape index (κ3) is 5.19. The third-order valence-electron chi connectivity index (χ3n) is 7.32. The molecule has 0 radical (unpaired) electrons. The van der Waals surface area contributed by atoms with Gasteiger partial charge in [0, 0.05) is 27.9 Å². The van der Waals surface area contributed by atoms with Gasteiger partial charge in [-0.05, 0) is 91.4 Å². The van der Waals surface area contributed by atoms with Crippen LogP contribution >= 0.6 is 39.1 Å². The first kappa shape index (κ1) is 27.3. The first-order valence-corrected chi connectivity index (χ1v) is 14.1. The maximum atomic E-state index is 13.5. The summed E-state index contributed by atoms with van der Waals surface area (Å²) in [6.07, 6.45) is 1.78. The lowest BCUT2D eigenvalue weighted by molar-refractivity contribution is -0.116. The van der Waals surface area contributed by atoms with E-state index in [0.717, 1.165) is 38.2 Å². The molecule has 1 aliphatic carbocycles. The summed E-state index contributed by atoms with van der Waals surface area (Å²) in [4.78, 5) is 15.3. The number of nitriles is 1. The second-order valence-electron chi connectivity index (χ2n) is 9.79. The smallest absolute Gasteiger partial charge is 0.161 e. The zero-order chi connectivity index (χ0) is 27.8. The van der Waals surface area contributed by atoms with Crippen LogP contribution in [-0.2, 0) is 11.4 Å². The van der Waals surface area contributed by atoms with Crippen molar-refractivity contribution in [2.75, 3.05) is 4.90 Å². The van der Waals surface area contributed by atoms with Crippen molar-refractivity contribution in [3.63, 3.8) is 0 Å². The highest BCUT2D eigenvalue weighted by atomic mass is 79.9. The minimum atomic E-state index is -0.566. The SMILES string of the molecule is Cc1cc(C)c(C2C(C#N)=C(N)N(c3ccc(Cl)c(Cl)c3)C3=C2C(=O)CCC3)cc1COc1ccc(Br)cc1. The fourth-order valence-electron chi connectivity index (χ4n) is 5.39. The number of aryl methyl sites for hydroxylation is 2. The number of carbonyl (C=O) groups excluding carboxylic acids is 1. The average Bonchev–Trinajstić information content (AvgIpc) is 2.90. The Bertz CT molecular complexity index is 1590. The van der Waals surface area contributed by atoms with E-state index in [0.29, 0.717) is 58.6 Å². The van der Waals surface area contributed by atoms with E-state index >= 15 is 0 Å². The molecule has 0 bridgehead atoms. The van der Waals surface area contributed by atoms with Crippen molar-refractivity contribution in [3.8, 4) is 11.8 Å². The van der Waals surface area contributed by atoms with Crippen LogP contribution in [0.4, 0.5) is 5.69 Å². The highest BCUT2D eigenvalue weighted by Crippen LogP contribution is 2.47. The van der Waals surface area contributed by atoms with Crippen molar-refractivity contribution in [2.45, 2.75) is 45.6 Å². The zero-order valence-corrected chi connectivity index (χ0v) is 24.6. The molecule has 198 valence electrons. The monoisotopic (exact) mass is 621 g/mol. The molecule has 0 saturated carbocycles. The number of anilines is 1. The number of ether oxygens (including phenoxy) is 1. The molecule has 0 spiro atoms. The Labute approximate surface area is 246 Å². The predicted octanol–water partition coefficient (Wildman–Crippen LogP) is 8.26. The van der Waals surface area contributed by atoms with Crippen LogP contribution in [0.3, 0.4) is 0 Å². The summed E-state index contributed by atoms with van der Waals surface area (Å²) in [5.74, 6) is 0.508. The van der Waals surface area contributed by atoms with Gasteiger partial charge in [0.2, 0.25) is 0 Å². The van der Waals surface area contributed by atoms with Crippen molar-refractivity contribution in [1.82, 2.24) is 0 Å². The van der Waals surface area contributed by atoms with Crippen molar-refractivity contribution in [3.05, 3.63) is 114 Å². The Kier molecular flexibility index (Phi) is 7.77. The minimum absolute atomic E-state index is 0.0270. The molecular formula is C31H26BrCl2N3O2. The Morgan fingerprint density at radius 1 is 1.05 bits per heavy atom. The molecule has 3 aromatic carbocycles. The van der Waals surface area contributed by atoms with Crippen LogP contribution in [-0.4, -0.2) is 5.78 Å². The number of hydrogen-bond acceptors (Lipinski definition) is 5. The fraction of sp³-hybridized carbons (Fsp3) is 0.226. The van der Waals surface area contributed by atoms with Crippen LogP contribution < -0.4 is 15.4 Å². The highest BCUT2D eigenvalue weighted by molar-refractivity contribution is 9.10. The van der Waals surface area contributed by atoms with Gasteiger partial charge in [0.05, 0.1) is 27.6 Å². The summed E-state index contributed by atoms with van der Waals surface area (Å²) in [6.45, 7) is 4.39. The molecule has 39 heavy (non-hydrogen) atoms. The van der Waals surface area contributed by atoms with Gasteiger partial charge in [0.15, 0.2) is 5.78 Å². The van der Waals surface area contributed by atoms with Gasteiger partial charge < -0.3 is 10.5 Å². The van der Waals surface area contributed by atoms with E-state index in [-0.39, 0.29) is 5.78 Å². The van der Waals surface area contributed by atoms with E-state index in [1.807, 2.05) is 38.1 Å². The average molecular weight is 623 g/mol. The van der Waals surface area contributed by atoms with Gasteiger partial charge in [0.1, 0.15) is 18.2 Å². The van der Waals surface area contributed by atoms with Gasteiger partial charge in [0.25, 0.3) is 0 Å². The molecule has 5 rings (SSSR count). The van der Waals surface area contributed by atoms with Gasteiger partial charge in [-0.25, -0.2) is 0 Å². The molecule has 5 nitrogen and oxygen atoms in total. The number of rotatable bonds is 5. The quantitative estimate of drug-likeness (QED) is 0.310. The number of hydrogen-bond donors (Lipinski definition) is 1. The maximum Gasteiger partial charge on any atom is 0.161 e.